The second-order valence-electron chi connectivity index (χ2n) is 6.84. The topological polar surface area (TPSA) is 113 Å². The van der Waals surface area contributed by atoms with Gasteiger partial charge in [0.05, 0.1) is 12.1 Å². The number of imidazole rings is 1. The lowest BCUT2D eigenvalue weighted by molar-refractivity contribution is -0.137. The number of anilines is 1. The number of aryl methyl sites for hydroxylation is 1. The Labute approximate surface area is 173 Å². The van der Waals surface area contributed by atoms with Gasteiger partial charge in [-0.1, -0.05) is 30.3 Å². The molecule has 8 nitrogen and oxygen atoms in total. The van der Waals surface area contributed by atoms with Crippen LogP contribution in [-0.4, -0.2) is 38.3 Å². The van der Waals surface area contributed by atoms with Crippen molar-refractivity contribution >= 4 is 23.3 Å². The molecule has 0 fully saturated rings. The number of ketones is 1. The first kappa shape index (κ1) is 20.9. The van der Waals surface area contributed by atoms with Crippen LogP contribution in [0.2, 0.25) is 0 Å². The van der Waals surface area contributed by atoms with Gasteiger partial charge >= 0.3 is 11.8 Å². The van der Waals surface area contributed by atoms with Crippen molar-refractivity contribution in [2.24, 2.45) is 7.05 Å². The van der Waals surface area contributed by atoms with Crippen LogP contribution in [-0.2, 0) is 16.6 Å². The van der Waals surface area contributed by atoms with Crippen molar-refractivity contribution < 1.29 is 19.5 Å². The molecule has 0 radical (unpaired) electrons. The predicted octanol–water partition coefficient (Wildman–Crippen LogP) is 1.83. The van der Waals surface area contributed by atoms with Crippen molar-refractivity contribution in [2.75, 3.05) is 5.32 Å². The van der Waals surface area contributed by atoms with Gasteiger partial charge in [-0.25, -0.2) is 4.98 Å². The van der Waals surface area contributed by atoms with Crippen molar-refractivity contribution in [3.63, 3.8) is 0 Å². The lowest BCUT2D eigenvalue weighted by Gasteiger charge is -2.20. The largest absolute Gasteiger partial charge is 0.386 e. The molecule has 2 amide bonds. The Balaban J connectivity index is 1.58. The first-order valence-electron chi connectivity index (χ1n) is 9.33. The molecule has 0 unspecified atom stereocenters. The van der Waals surface area contributed by atoms with Crippen molar-refractivity contribution in [1.82, 2.24) is 14.9 Å². The molecule has 154 valence electrons. The molecule has 0 spiro atoms. The molecule has 1 aromatic heterocycles. The van der Waals surface area contributed by atoms with Crippen LogP contribution in [0.4, 0.5) is 5.69 Å². The van der Waals surface area contributed by atoms with Crippen LogP contribution in [0.3, 0.4) is 0 Å². The molecular weight excluding hydrogens is 384 g/mol. The maximum Gasteiger partial charge on any atom is 0.313 e. The summed E-state index contributed by atoms with van der Waals surface area (Å²) < 4.78 is 1.62. The zero-order valence-electron chi connectivity index (χ0n) is 16.6. The molecule has 2 atom stereocenters. The Morgan fingerprint density at radius 3 is 2.27 bits per heavy atom. The number of hydrogen-bond acceptors (Lipinski definition) is 5. The first-order chi connectivity index (χ1) is 14.4. The number of carbonyl (C=O) groups is 3. The first-order valence-corrected chi connectivity index (χ1v) is 9.33. The minimum atomic E-state index is -0.945. The monoisotopic (exact) mass is 406 g/mol. The fraction of sp³-hybridized carbons (Fsp3) is 0.182. The molecule has 3 rings (SSSR count). The zero-order valence-corrected chi connectivity index (χ0v) is 16.6. The smallest absolute Gasteiger partial charge is 0.313 e. The van der Waals surface area contributed by atoms with E-state index in [0.29, 0.717) is 22.6 Å². The summed E-state index contributed by atoms with van der Waals surface area (Å²) in [5.74, 6) is -1.69. The lowest BCUT2D eigenvalue weighted by Crippen LogP contribution is -2.43. The third-order valence-electron chi connectivity index (χ3n) is 4.61. The molecule has 0 saturated carbocycles. The van der Waals surface area contributed by atoms with E-state index in [0.717, 1.165) is 0 Å². The minimum absolute atomic E-state index is 0.248. The summed E-state index contributed by atoms with van der Waals surface area (Å²) in [5.41, 5.74) is 1.41. The fourth-order valence-electron chi connectivity index (χ4n) is 2.90. The van der Waals surface area contributed by atoms with Crippen molar-refractivity contribution in [3.05, 3.63) is 83.9 Å². The van der Waals surface area contributed by atoms with E-state index in [4.69, 9.17) is 0 Å². The Kier molecular flexibility index (Phi) is 6.38. The zero-order chi connectivity index (χ0) is 21.7. The quantitative estimate of drug-likeness (QED) is 0.427. The Hall–Kier alpha value is -3.78. The molecule has 30 heavy (non-hydrogen) atoms. The van der Waals surface area contributed by atoms with Gasteiger partial charge in [0, 0.05) is 30.7 Å². The van der Waals surface area contributed by atoms with E-state index in [2.05, 4.69) is 15.6 Å². The minimum Gasteiger partial charge on any atom is -0.386 e. The summed E-state index contributed by atoms with van der Waals surface area (Å²) in [6.07, 6.45) is 2.27. The van der Waals surface area contributed by atoms with E-state index in [-0.39, 0.29) is 5.78 Å². The second-order valence-corrected chi connectivity index (χ2v) is 6.84. The summed E-state index contributed by atoms with van der Waals surface area (Å²) in [4.78, 5) is 40.8. The van der Waals surface area contributed by atoms with Gasteiger partial charge in [-0.2, -0.15) is 0 Å². The summed E-state index contributed by atoms with van der Waals surface area (Å²) in [6, 6.07) is 14.4. The number of aliphatic hydroxyl groups is 1. The van der Waals surface area contributed by atoms with Crippen molar-refractivity contribution in [1.29, 1.82) is 0 Å². The number of nitrogens with one attached hydrogen (secondary N) is 2. The van der Waals surface area contributed by atoms with Crippen molar-refractivity contribution in [2.45, 2.75) is 19.1 Å². The lowest BCUT2D eigenvalue weighted by atomic mass is 10.0. The van der Waals surface area contributed by atoms with E-state index < -0.39 is 24.0 Å². The van der Waals surface area contributed by atoms with Gasteiger partial charge in [0.15, 0.2) is 5.82 Å². The Morgan fingerprint density at radius 1 is 1.00 bits per heavy atom. The maximum atomic E-state index is 12.4. The standard InChI is InChI=1S/C22H22N4O4/c1-14(18(27)15-6-4-3-5-7-15)24-21(29)22(30)25-17-10-8-16(9-11-17)19(28)20-23-12-13-26(20)2/h3-14,18,27H,1-2H3,(H,24,29)(H,25,30)/t14-,18-/m0/s1. The number of hydrogen-bond donors (Lipinski definition) is 3. The van der Waals surface area contributed by atoms with E-state index >= 15 is 0 Å². The number of rotatable bonds is 6. The highest BCUT2D eigenvalue weighted by Gasteiger charge is 2.22. The number of aromatic nitrogens is 2. The van der Waals surface area contributed by atoms with Gasteiger partial charge in [-0.15, -0.1) is 0 Å². The summed E-state index contributed by atoms with van der Waals surface area (Å²) in [7, 11) is 1.73. The third kappa shape index (κ3) is 4.79. The molecule has 8 heteroatoms. The number of benzene rings is 2. The van der Waals surface area contributed by atoms with E-state index in [1.54, 1.807) is 61.1 Å². The van der Waals surface area contributed by atoms with E-state index in [9.17, 15) is 19.5 Å². The molecule has 3 aromatic rings. The normalized spacial score (nSPS) is 12.6. The predicted molar refractivity (Wildman–Crippen MR) is 111 cm³/mol. The SMILES string of the molecule is C[C@H](NC(=O)C(=O)Nc1ccc(C(=O)c2nccn2C)cc1)[C@H](O)c1ccccc1. The van der Waals surface area contributed by atoms with E-state index in [1.807, 2.05) is 6.07 Å². The second kappa shape index (κ2) is 9.15. The molecule has 0 saturated heterocycles. The van der Waals surface area contributed by atoms with Gasteiger partial charge in [-0.3, -0.25) is 14.4 Å². The maximum absolute atomic E-state index is 12.4. The molecule has 3 N–H and O–H groups in total. The summed E-state index contributed by atoms with van der Waals surface area (Å²) >= 11 is 0. The average molecular weight is 406 g/mol. The highest BCUT2D eigenvalue weighted by atomic mass is 16.3. The van der Waals surface area contributed by atoms with Crippen LogP contribution >= 0.6 is 0 Å². The van der Waals surface area contributed by atoms with Crippen LogP contribution < -0.4 is 10.6 Å². The van der Waals surface area contributed by atoms with Crippen LogP contribution in [0, 0.1) is 0 Å². The fourth-order valence-corrected chi connectivity index (χ4v) is 2.90. The number of nitrogens with zero attached hydrogens (tertiary/aromatic N) is 2. The molecule has 0 aliphatic carbocycles. The molecule has 0 aliphatic heterocycles. The van der Waals surface area contributed by atoms with E-state index in [1.165, 1.54) is 18.3 Å². The van der Waals surface area contributed by atoms with Crippen LogP contribution in [0.5, 0.6) is 0 Å². The van der Waals surface area contributed by atoms with Crippen LogP contribution in [0.15, 0.2) is 67.0 Å². The van der Waals surface area contributed by atoms with Gasteiger partial charge in [0.2, 0.25) is 5.78 Å². The number of aliphatic hydroxyl groups excluding tert-OH is 1. The highest BCUT2D eigenvalue weighted by molar-refractivity contribution is 6.39. The van der Waals surface area contributed by atoms with Gasteiger partial charge < -0.3 is 20.3 Å². The van der Waals surface area contributed by atoms with Crippen LogP contribution in [0.1, 0.15) is 34.8 Å². The highest BCUT2D eigenvalue weighted by Crippen LogP contribution is 2.16. The molecule has 0 bridgehead atoms. The Morgan fingerprint density at radius 2 is 1.67 bits per heavy atom. The Bertz CT molecular complexity index is 1040. The molecule has 0 aliphatic rings. The summed E-state index contributed by atoms with van der Waals surface area (Å²) in [6.45, 7) is 1.61. The summed E-state index contributed by atoms with van der Waals surface area (Å²) in [5, 5.41) is 15.3. The number of carbonyl (C=O) groups excluding carboxylic acids is 3. The van der Waals surface area contributed by atoms with Gasteiger partial charge in [0.1, 0.15) is 0 Å². The molecule has 2 aromatic carbocycles. The molecular formula is C22H22N4O4. The van der Waals surface area contributed by atoms with Gasteiger partial charge in [-0.05, 0) is 36.8 Å². The van der Waals surface area contributed by atoms with Gasteiger partial charge in [0.25, 0.3) is 0 Å². The molecule has 1 heterocycles. The average Bonchev–Trinajstić information content (AvgIpc) is 3.19. The number of amides is 2. The van der Waals surface area contributed by atoms with Crippen molar-refractivity contribution in [3.8, 4) is 0 Å². The van der Waals surface area contributed by atoms with Crippen LogP contribution in [0.25, 0.3) is 0 Å². The third-order valence-corrected chi connectivity index (χ3v) is 4.61.